The summed E-state index contributed by atoms with van der Waals surface area (Å²) < 4.78 is 14.0. The smallest absolute Gasteiger partial charge is 0.293 e. The summed E-state index contributed by atoms with van der Waals surface area (Å²) in [7, 11) is 0. The molecule has 1 heterocycles. The van der Waals surface area contributed by atoms with E-state index in [1.165, 1.54) is 6.07 Å². The molecule has 0 radical (unpaired) electrons. The lowest BCUT2D eigenvalue weighted by Crippen LogP contribution is -2.27. The molecule has 0 saturated carbocycles. The number of carbonyl (C=O) groups is 2. The van der Waals surface area contributed by atoms with Gasteiger partial charge in [0, 0.05) is 16.7 Å². The van der Waals surface area contributed by atoms with Crippen LogP contribution in [0.4, 0.5) is 9.18 Å². The van der Waals surface area contributed by atoms with Gasteiger partial charge >= 0.3 is 0 Å². The second-order valence-electron chi connectivity index (χ2n) is 9.82. The zero-order valence-electron chi connectivity index (χ0n) is 18.7. The average Bonchev–Trinajstić information content (AvgIpc) is 2.90. The molecule has 1 saturated heterocycles. The third kappa shape index (κ3) is 4.85. The molecule has 6 heteroatoms. The number of benzene rings is 2. The number of phenols is 1. The van der Waals surface area contributed by atoms with Crippen molar-refractivity contribution in [3.63, 3.8) is 0 Å². The normalized spacial score (nSPS) is 16.5. The van der Waals surface area contributed by atoms with Gasteiger partial charge in [-0.2, -0.15) is 0 Å². The Bertz CT molecular complexity index is 1040. The molecule has 1 aliphatic rings. The summed E-state index contributed by atoms with van der Waals surface area (Å²) >= 11 is 0.846. The van der Waals surface area contributed by atoms with Crippen LogP contribution < -0.4 is 0 Å². The van der Waals surface area contributed by atoms with E-state index in [4.69, 9.17) is 0 Å². The summed E-state index contributed by atoms with van der Waals surface area (Å²) in [6, 6.07) is 9.82. The molecule has 0 atom stereocenters. The number of amides is 2. The molecule has 0 aromatic heterocycles. The molecule has 2 amide bonds. The van der Waals surface area contributed by atoms with Crippen molar-refractivity contribution < 1.29 is 19.1 Å². The van der Waals surface area contributed by atoms with Gasteiger partial charge < -0.3 is 5.11 Å². The minimum atomic E-state index is -0.450. The number of halogens is 1. The van der Waals surface area contributed by atoms with Crippen molar-refractivity contribution in [2.75, 3.05) is 0 Å². The molecule has 31 heavy (non-hydrogen) atoms. The lowest BCUT2D eigenvalue weighted by atomic mass is 9.78. The Kier molecular flexibility index (Phi) is 6.07. The topological polar surface area (TPSA) is 57.6 Å². The first-order valence-corrected chi connectivity index (χ1v) is 11.0. The van der Waals surface area contributed by atoms with E-state index in [1.807, 2.05) is 53.7 Å². The molecule has 4 nitrogen and oxygen atoms in total. The van der Waals surface area contributed by atoms with Gasteiger partial charge in [0.2, 0.25) is 0 Å². The van der Waals surface area contributed by atoms with Gasteiger partial charge in [-0.25, -0.2) is 4.39 Å². The van der Waals surface area contributed by atoms with Gasteiger partial charge in [-0.15, -0.1) is 0 Å². The summed E-state index contributed by atoms with van der Waals surface area (Å²) in [5.74, 6) is -0.639. The number of rotatable bonds is 3. The Morgan fingerprint density at radius 1 is 1.00 bits per heavy atom. The van der Waals surface area contributed by atoms with Crippen LogP contribution in [0.25, 0.3) is 6.08 Å². The van der Waals surface area contributed by atoms with Crippen molar-refractivity contribution in [1.29, 1.82) is 0 Å². The van der Waals surface area contributed by atoms with Crippen molar-refractivity contribution >= 4 is 29.0 Å². The SMILES string of the molecule is CC(C)(C)c1cc(/C=C2/SC(=O)N(Cc3ccccc3F)C2=O)cc(C(C)(C)C)c1O. The van der Waals surface area contributed by atoms with Gasteiger partial charge in [0.25, 0.3) is 11.1 Å². The van der Waals surface area contributed by atoms with Gasteiger partial charge in [-0.05, 0) is 52.4 Å². The summed E-state index contributed by atoms with van der Waals surface area (Å²) in [6.45, 7) is 12.0. The molecule has 1 aliphatic heterocycles. The number of thioether (sulfide) groups is 1. The van der Waals surface area contributed by atoms with E-state index in [0.717, 1.165) is 33.4 Å². The number of nitrogens with zero attached hydrogens (tertiary/aromatic N) is 1. The number of hydrogen-bond acceptors (Lipinski definition) is 4. The van der Waals surface area contributed by atoms with Crippen LogP contribution in [-0.4, -0.2) is 21.2 Å². The van der Waals surface area contributed by atoms with E-state index in [9.17, 15) is 19.1 Å². The zero-order chi connectivity index (χ0) is 23.1. The lowest BCUT2D eigenvalue weighted by molar-refractivity contribution is -0.123. The first-order chi connectivity index (χ1) is 14.3. The molecular formula is C25H28FNO3S. The summed E-state index contributed by atoms with van der Waals surface area (Å²) in [6.07, 6.45) is 1.68. The van der Waals surface area contributed by atoms with E-state index >= 15 is 0 Å². The maximum Gasteiger partial charge on any atom is 0.293 e. The van der Waals surface area contributed by atoms with Crippen LogP contribution in [0.1, 0.15) is 63.8 Å². The van der Waals surface area contributed by atoms with E-state index in [0.29, 0.717) is 5.56 Å². The molecule has 0 bridgehead atoms. The van der Waals surface area contributed by atoms with E-state index in [2.05, 4.69) is 0 Å². The van der Waals surface area contributed by atoms with Crippen LogP contribution in [0.15, 0.2) is 41.3 Å². The Hall–Kier alpha value is -2.60. The maximum absolute atomic E-state index is 14.0. The molecule has 0 spiro atoms. The fourth-order valence-corrected chi connectivity index (χ4v) is 4.31. The Morgan fingerprint density at radius 3 is 2.06 bits per heavy atom. The molecule has 2 aromatic rings. The second kappa shape index (κ2) is 8.15. The fraction of sp³-hybridized carbons (Fsp3) is 0.360. The standard InChI is InChI=1S/C25H28FNO3S/c1-24(2,3)17-11-15(12-18(21(17)28)25(4,5)6)13-20-22(29)27(23(30)31-20)14-16-9-7-8-10-19(16)26/h7-13,28H,14H2,1-6H3/b20-13+. The summed E-state index contributed by atoms with van der Waals surface area (Å²) in [5, 5.41) is 10.5. The highest BCUT2D eigenvalue weighted by atomic mass is 32.2. The molecule has 1 N–H and O–H groups in total. The molecule has 0 aliphatic carbocycles. The molecular weight excluding hydrogens is 413 g/mol. The van der Waals surface area contributed by atoms with Gasteiger partial charge in [0.05, 0.1) is 11.4 Å². The predicted molar refractivity (Wildman–Crippen MR) is 123 cm³/mol. The van der Waals surface area contributed by atoms with Crippen LogP contribution in [0, 0.1) is 5.82 Å². The van der Waals surface area contributed by atoms with Crippen molar-refractivity contribution in [2.45, 2.75) is 58.9 Å². The summed E-state index contributed by atoms with van der Waals surface area (Å²) in [4.78, 5) is 26.7. The highest BCUT2D eigenvalue weighted by Crippen LogP contribution is 2.41. The van der Waals surface area contributed by atoms with E-state index in [1.54, 1.807) is 24.3 Å². The van der Waals surface area contributed by atoms with Gasteiger partial charge in [0.1, 0.15) is 11.6 Å². The van der Waals surface area contributed by atoms with Crippen LogP contribution in [0.2, 0.25) is 0 Å². The quantitative estimate of drug-likeness (QED) is 0.563. The maximum atomic E-state index is 14.0. The van der Waals surface area contributed by atoms with Gasteiger partial charge in [-0.1, -0.05) is 59.7 Å². The van der Waals surface area contributed by atoms with Crippen LogP contribution in [0.5, 0.6) is 5.75 Å². The molecule has 164 valence electrons. The van der Waals surface area contributed by atoms with Crippen molar-refractivity contribution in [3.8, 4) is 5.75 Å². The Morgan fingerprint density at radius 2 is 1.55 bits per heavy atom. The number of carbonyl (C=O) groups excluding carboxylic acids is 2. The van der Waals surface area contributed by atoms with Crippen LogP contribution in [-0.2, 0) is 22.2 Å². The first kappa shape index (κ1) is 23.1. The van der Waals surface area contributed by atoms with E-state index < -0.39 is 17.0 Å². The lowest BCUT2D eigenvalue weighted by Gasteiger charge is -2.28. The highest BCUT2D eigenvalue weighted by molar-refractivity contribution is 8.18. The third-order valence-electron chi connectivity index (χ3n) is 5.21. The highest BCUT2D eigenvalue weighted by Gasteiger charge is 2.36. The zero-order valence-corrected chi connectivity index (χ0v) is 19.6. The number of imide groups is 1. The largest absolute Gasteiger partial charge is 0.507 e. The Balaban J connectivity index is 2.01. The molecule has 2 aromatic carbocycles. The van der Waals surface area contributed by atoms with Crippen molar-refractivity contribution in [2.24, 2.45) is 0 Å². The number of phenolic OH excluding ortho intramolecular Hbond substituents is 1. The monoisotopic (exact) mass is 441 g/mol. The van der Waals surface area contributed by atoms with Crippen molar-refractivity contribution in [1.82, 2.24) is 4.90 Å². The number of aromatic hydroxyl groups is 1. The predicted octanol–water partition coefficient (Wildman–Crippen LogP) is 6.36. The Labute approximate surface area is 187 Å². The third-order valence-corrected chi connectivity index (χ3v) is 6.11. The minimum Gasteiger partial charge on any atom is -0.507 e. The van der Waals surface area contributed by atoms with Crippen LogP contribution >= 0.6 is 11.8 Å². The first-order valence-electron chi connectivity index (χ1n) is 10.2. The fourth-order valence-electron chi connectivity index (χ4n) is 3.47. The number of hydrogen-bond donors (Lipinski definition) is 1. The second-order valence-corrected chi connectivity index (χ2v) is 10.8. The average molecular weight is 442 g/mol. The molecule has 0 unspecified atom stereocenters. The molecule has 1 fully saturated rings. The van der Waals surface area contributed by atoms with Gasteiger partial charge in [-0.3, -0.25) is 14.5 Å². The summed E-state index contributed by atoms with van der Waals surface area (Å²) in [5.41, 5.74) is 1.97. The molecule has 3 rings (SSSR count). The van der Waals surface area contributed by atoms with Crippen molar-refractivity contribution in [3.05, 3.63) is 69.4 Å². The van der Waals surface area contributed by atoms with Crippen LogP contribution in [0.3, 0.4) is 0 Å². The minimum absolute atomic E-state index is 0.106. The van der Waals surface area contributed by atoms with Gasteiger partial charge in [0.15, 0.2) is 0 Å². The van der Waals surface area contributed by atoms with E-state index in [-0.39, 0.29) is 28.0 Å².